The first kappa shape index (κ1) is 26.9. The van der Waals surface area contributed by atoms with Gasteiger partial charge in [-0.2, -0.15) is 0 Å². The largest absolute Gasteiger partial charge is 0.465 e. The lowest BCUT2D eigenvalue weighted by molar-refractivity contribution is -0.176. The standard InChI is InChI=1S/C24H46O4/c1-6-10-12-14-15-16-18-20-27-22(25)24(8-3,9-4)23(26)28-21(5)19-17-13-11-7-2/h21H,6-20H2,1-5H3. The number of hydrogen-bond donors (Lipinski definition) is 0. The first-order chi connectivity index (χ1) is 13.5. The third-order valence-electron chi connectivity index (χ3n) is 5.74. The van der Waals surface area contributed by atoms with Crippen molar-refractivity contribution in [2.45, 2.75) is 131 Å². The van der Waals surface area contributed by atoms with Crippen molar-refractivity contribution in [3.05, 3.63) is 0 Å². The summed E-state index contributed by atoms with van der Waals surface area (Å²) in [5, 5.41) is 0. The first-order valence-corrected chi connectivity index (χ1v) is 11.9. The predicted octanol–water partition coefficient (Wildman–Crippen LogP) is 6.99. The second kappa shape index (κ2) is 16.9. The van der Waals surface area contributed by atoms with E-state index in [1.54, 1.807) is 0 Å². The van der Waals surface area contributed by atoms with Gasteiger partial charge in [0.1, 0.15) is 0 Å². The number of hydrogen-bond acceptors (Lipinski definition) is 4. The number of rotatable bonds is 18. The zero-order valence-electron chi connectivity index (χ0n) is 19.3. The lowest BCUT2D eigenvalue weighted by Gasteiger charge is -2.28. The topological polar surface area (TPSA) is 52.6 Å². The minimum Gasteiger partial charge on any atom is -0.465 e. The summed E-state index contributed by atoms with van der Waals surface area (Å²) in [5.41, 5.74) is -1.15. The van der Waals surface area contributed by atoms with Gasteiger partial charge in [-0.3, -0.25) is 9.59 Å². The van der Waals surface area contributed by atoms with Crippen LogP contribution in [0.3, 0.4) is 0 Å². The summed E-state index contributed by atoms with van der Waals surface area (Å²) in [6, 6.07) is 0. The molecule has 0 amide bonds. The van der Waals surface area contributed by atoms with Gasteiger partial charge in [0.2, 0.25) is 0 Å². The Morgan fingerprint density at radius 2 is 1.21 bits per heavy atom. The molecule has 4 heteroatoms. The first-order valence-electron chi connectivity index (χ1n) is 11.9. The van der Waals surface area contributed by atoms with Gasteiger partial charge in [-0.05, 0) is 39.0 Å². The van der Waals surface area contributed by atoms with Crippen molar-refractivity contribution in [3.63, 3.8) is 0 Å². The van der Waals surface area contributed by atoms with E-state index in [1.165, 1.54) is 44.9 Å². The van der Waals surface area contributed by atoms with Crippen LogP contribution in [-0.2, 0) is 19.1 Å². The molecule has 4 nitrogen and oxygen atoms in total. The average molecular weight is 399 g/mol. The zero-order valence-corrected chi connectivity index (χ0v) is 19.3. The Hall–Kier alpha value is -1.06. The van der Waals surface area contributed by atoms with Crippen LogP contribution in [0.4, 0.5) is 0 Å². The smallest absolute Gasteiger partial charge is 0.323 e. The van der Waals surface area contributed by atoms with Crippen molar-refractivity contribution < 1.29 is 19.1 Å². The maximum Gasteiger partial charge on any atom is 0.323 e. The Bertz CT molecular complexity index is 401. The summed E-state index contributed by atoms with van der Waals surface area (Å²) in [7, 11) is 0. The van der Waals surface area contributed by atoms with Gasteiger partial charge in [0.25, 0.3) is 0 Å². The zero-order chi connectivity index (χ0) is 21.3. The van der Waals surface area contributed by atoms with Crippen LogP contribution in [0, 0.1) is 5.41 Å². The monoisotopic (exact) mass is 398 g/mol. The SMILES string of the molecule is CCCCCCCCCOC(=O)C(CC)(CC)C(=O)OC(C)CCCCCC. The van der Waals surface area contributed by atoms with Crippen LogP contribution in [0.5, 0.6) is 0 Å². The minimum atomic E-state index is -1.15. The van der Waals surface area contributed by atoms with Gasteiger partial charge >= 0.3 is 11.9 Å². The molecule has 0 aliphatic rings. The highest BCUT2D eigenvalue weighted by Crippen LogP contribution is 2.31. The Labute approximate surface area is 174 Å². The second-order valence-corrected chi connectivity index (χ2v) is 8.11. The highest BCUT2D eigenvalue weighted by Gasteiger charge is 2.46. The van der Waals surface area contributed by atoms with E-state index in [0.717, 1.165) is 32.1 Å². The van der Waals surface area contributed by atoms with Crippen LogP contribution >= 0.6 is 0 Å². The van der Waals surface area contributed by atoms with E-state index in [2.05, 4.69) is 13.8 Å². The number of carbonyl (C=O) groups is 2. The molecule has 0 bridgehead atoms. The molecule has 1 atom stereocenters. The molecule has 1 unspecified atom stereocenters. The fourth-order valence-electron chi connectivity index (χ4n) is 3.49. The van der Waals surface area contributed by atoms with E-state index in [9.17, 15) is 9.59 Å². The second-order valence-electron chi connectivity index (χ2n) is 8.11. The normalized spacial score (nSPS) is 12.6. The lowest BCUT2D eigenvalue weighted by Crippen LogP contribution is -2.42. The predicted molar refractivity (Wildman–Crippen MR) is 116 cm³/mol. The van der Waals surface area contributed by atoms with Crippen LogP contribution < -0.4 is 0 Å². The van der Waals surface area contributed by atoms with Crippen molar-refractivity contribution in [2.75, 3.05) is 6.61 Å². The van der Waals surface area contributed by atoms with E-state index >= 15 is 0 Å². The molecule has 0 saturated heterocycles. The van der Waals surface area contributed by atoms with Crippen LogP contribution in [0.25, 0.3) is 0 Å². The molecule has 166 valence electrons. The highest BCUT2D eigenvalue weighted by atomic mass is 16.6. The lowest BCUT2D eigenvalue weighted by atomic mass is 9.82. The maximum atomic E-state index is 12.8. The summed E-state index contributed by atoms with van der Waals surface area (Å²) in [4.78, 5) is 25.5. The fraction of sp³-hybridized carbons (Fsp3) is 0.917. The molecule has 28 heavy (non-hydrogen) atoms. The highest BCUT2D eigenvalue weighted by molar-refractivity contribution is 6.00. The summed E-state index contributed by atoms with van der Waals surface area (Å²) in [6.45, 7) is 10.4. The van der Waals surface area contributed by atoms with Crippen molar-refractivity contribution >= 4 is 11.9 Å². The van der Waals surface area contributed by atoms with E-state index in [0.29, 0.717) is 19.4 Å². The molecule has 0 rings (SSSR count). The Morgan fingerprint density at radius 1 is 0.714 bits per heavy atom. The molecule has 0 aromatic carbocycles. The van der Waals surface area contributed by atoms with Gasteiger partial charge in [0.15, 0.2) is 5.41 Å². The molecule has 0 fully saturated rings. The molecule has 0 saturated carbocycles. The summed E-state index contributed by atoms with van der Waals surface area (Å²) in [5.74, 6) is -0.822. The molecular formula is C24H46O4. The Morgan fingerprint density at radius 3 is 1.75 bits per heavy atom. The van der Waals surface area contributed by atoms with Gasteiger partial charge in [0.05, 0.1) is 12.7 Å². The summed E-state index contributed by atoms with van der Waals surface area (Å²) >= 11 is 0. The van der Waals surface area contributed by atoms with Gasteiger partial charge in [-0.15, -0.1) is 0 Å². The number of esters is 2. The van der Waals surface area contributed by atoms with E-state index in [1.807, 2.05) is 20.8 Å². The molecule has 0 aliphatic heterocycles. The van der Waals surface area contributed by atoms with E-state index < -0.39 is 17.4 Å². The summed E-state index contributed by atoms with van der Waals surface area (Å²) in [6.07, 6.45) is 14.3. The quantitative estimate of drug-likeness (QED) is 0.142. The molecule has 0 aliphatic carbocycles. The minimum absolute atomic E-state index is 0.155. The van der Waals surface area contributed by atoms with Gasteiger partial charge in [0, 0.05) is 0 Å². The fourth-order valence-corrected chi connectivity index (χ4v) is 3.49. The van der Waals surface area contributed by atoms with E-state index in [4.69, 9.17) is 9.47 Å². The Kier molecular flexibility index (Phi) is 16.2. The van der Waals surface area contributed by atoms with Gasteiger partial charge < -0.3 is 9.47 Å². The van der Waals surface area contributed by atoms with Gasteiger partial charge in [-0.25, -0.2) is 0 Å². The van der Waals surface area contributed by atoms with Gasteiger partial charge in [-0.1, -0.05) is 85.5 Å². The average Bonchev–Trinajstić information content (AvgIpc) is 2.68. The molecule has 0 radical (unpaired) electrons. The Balaban J connectivity index is 4.37. The molecule has 0 aromatic rings. The van der Waals surface area contributed by atoms with Crippen molar-refractivity contribution in [1.29, 1.82) is 0 Å². The molecule has 0 heterocycles. The van der Waals surface area contributed by atoms with E-state index in [-0.39, 0.29) is 6.10 Å². The molecule has 0 N–H and O–H groups in total. The van der Waals surface area contributed by atoms with Crippen molar-refractivity contribution in [2.24, 2.45) is 5.41 Å². The van der Waals surface area contributed by atoms with Crippen LogP contribution in [0.1, 0.15) is 125 Å². The van der Waals surface area contributed by atoms with Crippen LogP contribution in [0.15, 0.2) is 0 Å². The van der Waals surface area contributed by atoms with Crippen molar-refractivity contribution in [1.82, 2.24) is 0 Å². The maximum absolute atomic E-state index is 12.8. The third kappa shape index (κ3) is 10.5. The van der Waals surface area contributed by atoms with Crippen LogP contribution in [0.2, 0.25) is 0 Å². The number of carbonyl (C=O) groups excluding carboxylic acids is 2. The third-order valence-corrected chi connectivity index (χ3v) is 5.74. The number of ether oxygens (including phenoxy) is 2. The van der Waals surface area contributed by atoms with Crippen LogP contribution in [-0.4, -0.2) is 24.6 Å². The molecule has 0 spiro atoms. The number of unbranched alkanes of at least 4 members (excludes halogenated alkanes) is 9. The summed E-state index contributed by atoms with van der Waals surface area (Å²) < 4.78 is 11.1. The van der Waals surface area contributed by atoms with Crippen molar-refractivity contribution in [3.8, 4) is 0 Å². The molecule has 0 aromatic heterocycles. The molecular weight excluding hydrogens is 352 g/mol.